The highest BCUT2D eigenvalue weighted by molar-refractivity contribution is 7.80. The van der Waals surface area contributed by atoms with Gasteiger partial charge in [-0.25, -0.2) is 0 Å². The highest BCUT2D eigenvalue weighted by Crippen LogP contribution is 2.14. The van der Waals surface area contributed by atoms with Crippen molar-refractivity contribution in [3.05, 3.63) is 59.7 Å². The Morgan fingerprint density at radius 3 is 2.20 bits per heavy atom. The number of hydrogen-bond acceptors (Lipinski definition) is 4. The third-order valence-electron chi connectivity index (χ3n) is 4.19. The predicted molar refractivity (Wildman–Crippen MR) is 130 cm³/mol. The van der Waals surface area contributed by atoms with Crippen molar-refractivity contribution in [2.45, 2.75) is 26.2 Å². The van der Waals surface area contributed by atoms with Crippen LogP contribution in [0.15, 0.2) is 48.5 Å². The molecule has 0 atom stereocenters. The van der Waals surface area contributed by atoms with Crippen molar-refractivity contribution in [2.24, 2.45) is 0 Å². The molecular formula is C22H29ClN4O2S. The van der Waals surface area contributed by atoms with Crippen molar-refractivity contribution >= 4 is 52.9 Å². The molecule has 0 fully saturated rings. The molecule has 0 aliphatic carbocycles. The van der Waals surface area contributed by atoms with Crippen LogP contribution >= 0.6 is 24.6 Å². The van der Waals surface area contributed by atoms with E-state index >= 15 is 0 Å². The Bertz CT molecular complexity index is 856. The molecule has 6 nitrogen and oxygen atoms in total. The second kappa shape index (κ2) is 13.0. The number of amides is 2. The Kier molecular flexibility index (Phi) is 11.0. The molecular weight excluding hydrogens is 420 g/mol. The zero-order valence-electron chi connectivity index (χ0n) is 17.5. The van der Waals surface area contributed by atoms with Gasteiger partial charge in [-0.15, -0.1) is 12.4 Å². The Balaban J connectivity index is 0.00000450. The van der Waals surface area contributed by atoms with E-state index in [-0.39, 0.29) is 29.3 Å². The summed E-state index contributed by atoms with van der Waals surface area (Å²) in [7, 11) is 4.05. The van der Waals surface area contributed by atoms with Crippen molar-refractivity contribution in [1.82, 2.24) is 10.2 Å². The first-order valence-electron chi connectivity index (χ1n) is 9.57. The number of unbranched alkanes of at least 4 members (excludes halogenated alkanes) is 1. The lowest BCUT2D eigenvalue weighted by atomic mass is 10.1. The number of nitrogens with zero attached hydrogens (tertiary/aromatic N) is 1. The number of hydrogen-bond donors (Lipinski definition) is 3. The number of carbonyl (C=O) groups excluding carboxylic acids is 2. The first-order chi connectivity index (χ1) is 13.8. The zero-order valence-corrected chi connectivity index (χ0v) is 19.2. The number of carbonyl (C=O) groups is 2. The van der Waals surface area contributed by atoms with E-state index in [9.17, 15) is 9.59 Å². The summed E-state index contributed by atoms with van der Waals surface area (Å²) in [5.41, 5.74) is 3.01. The fourth-order valence-corrected chi connectivity index (χ4v) is 2.91. The van der Waals surface area contributed by atoms with Crippen molar-refractivity contribution < 1.29 is 9.59 Å². The van der Waals surface area contributed by atoms with Crippen molar-refractivity contribution in [3.63, 3.8) is 0 Å². The summed E-state index contributed by atoms with van der Waals surface area (Å²) in [5, 5.41) is 8.74. The number of benzene rings is 2. The first kappa shape index (κ1) is 25.6. The molecule has 8 heteroatoms. The minimum Gasteiger partial charge on any atom is -0.332 e. The third kappa shape index (κ3) is 9.35. The molecule has 2 aromatic carbocycles. The lowest BCUT2D eigenvalue weighted by molar-refractivity contribution is -0.116. The van der Waals surface area contributed by atoms with E-state index in [1.165, 1.54) is 0 Å². The lowest BCUT2D eigenvalue weighted by Crippen LogP contribution is -2.34. The van der Waals surface area contributed by atoms with Crippen LogP contribution in [0.4, 0.5) is 11.4 Å². The van der Waals surface area contributed by atoms with Crippen LogP contribution in [0, 0.1) is 6.92 Å². The molecule has 162 valence electrons. The van der Waals surface area contributed by atoms with E-state index < -0.39 is 0 Å². The molecule has 0 unspecified atom stereocenters. The number of thiocarbonyl (C=S) groups is 1. The van der Waals surface area contributed by atoms with E-state index in [2.05, 4.69) is 20.9 Å². The molecule has 0 heterocycles. The Hall–Kier alpha value is -2.48. The van der Waals surface area contributed by atoms with E-state index in [1.54, 1.807) is 36.4 Å². The summed E-state index contributed by atoms with van der Waals surface area (Å²) >= 11 is 5.21. The highest BCUT2D eigenvalue weighted by atomic mass is 35.5. The average molecular weight is 449 g/mol. The van der Waals surface area contributed by atoms with Gasteiger partial charge in [0.2, 0.25) is 5.91 Å². The first-order valence-corrected chi connectivity index (χ1v) is 9.98. The average Bonchev–Trinajstić information content (AvgIpc) is 2.66. The predicted octanol–water partition coefficient (Wildman–Crippen LogP) is 4.21. The maximum atomic E-state index is 12.2. The Labute approximate surface area is 189 Å². The fourth-order valence-electron chi connectivity index (χ4n) is 2.70. The van der Waals surface area contributed by atoms with Gasteiger partial charge in [-0.3, -0.25) is 14.9 Å². The summed E-state index contributed by atoms with van der Waals surface area (Å²) in [5.74, 6) is -0.255. The number of halogens is 1. The second-order valence-corrected chi connectivity index (χ2v) is 7.57. The maximum Gasteiger partial charge on any atom is 0.257 e. The highest BCUT2D eigenvalue weighted by Gasteiger charge is 2.08. The Morgan fingerprint density at radius 1 is 0.967 bits per heavy atom. The number of rotatable bonds is 8. The quantitative estimate of drug-likeness (QED) is 0.416. The van der Waals surface area contributed by atoms with Gasteiger partial charge in [0, 0.05) is 23.4 Å². The molecule has 0 aliphatic rings. The van der Waals surface area contributed by atoms with Gasteiger partial charge in [-0.1, -0.05) is 17.7 Å². The molecule has 0 aliphatic heterocycles. The van der Waals surface area contributed by atoms with E-state index in [4.69, 9.17) is 12.2 Å². The van der Waals surface area contributed by atoms with Crippen molar-refractivity contribution in [2.75, 3.05) is 31.3 Å². The van der Waals surface area contributed by atoms with Gasteiger partial charge in [0.25, 0.3) is 5.91 Å². The summed E-state index contributed by atoms with van der Waals surface area (Å²) < 4.78 is 0. The molecule has 2 aromatic rings. The van der Waals surface area contributed by atoms with Crippen LogP contribution in [0.5, 0.6) is 0 Å². The second-order valence-electron chi connectivity index (χ2n) is 7.16. The van der Waals surface area contributed by atoms with Gasteiger partial charge < -0.3 is 15.5 Å². The van der Waals surface area contributed by atoms with Crippen LogP contribution in [0.3, 0.4) is 0 Å². The van der Waals surface area contributed by atoms with Crippen LogP contribution in [0.25, 0.3) is 0 Å². The molecule has 2 rings (SSSR count). The molecule has 3 N–H and O–H groups in total. The minimum absolute atomic E-state index is 0. The number of anilines is 2. The Morgan fingerprint density at radius 2 is 1.60 bits per heavy atom. The molecule has 30 heavy (non-hydrogen) atoms. The van der Waals surface area contributed by atoms with Crippen molar-refractivity contribution in [1.29, 1.82) is 0 Å². The van der Waals surface area contributed by atoms with Crippen molar-refractivity contribution in [3.8, 4) is 0 Å². The van der Waals surface area contributed by atoms with Gasteiger partial charge in [0.05, 0.1) is 0 Å². The van der Waals surface area contributed by atoms with Crippen LogP contribution < -0.4 is 16.0 Å². The maximum absolute atomic E-state index is 12.2. The third-order valence-corrected chi connectivity index (χ3v) is 4.40. The molecule has 0 aromatic heterocycles. The van der Waals surface area contributed by atoms with Gasteiger partial charge in [0.15, 0.2) is 5.11 Å². The van der Waals surface area contributed by atoms with E-state index in [1.807, 2.05) is 33.2 Å². The van der Waals surface area contributed by atoms with Crippen LogP contribution in [0.2, 0.25) is 0 Å². The van der Waals surface area contributed by atoms with Gasteiger partial charge >= 0.3 is 0 Å². The SMILES string of the molecule is Cc1cccc(C(=O)NC(=S)Nc2ccc(NC(=O)CCCCN(C)C)cc2)c1.Cl. The molecule has 0 bridgehead atoms. The summed E-state index contributed by atoms with van der Waals surface area (Å²) in [4.78, 5) is 26.3. The summed E-state index contributed by atoms with van der Waals surface area (Å²) in [6.45, 7) is 2.91. The van der Waals surface area contributed by atoms with Crippen LogP contribution in [-0.4, -0.2) is 42.5 Å². The largest absolute Gasteiger partial charge is 0.332 e. The van der Waals surface area contributed by atoms with E-state index in [0.29, 0.717) is 12.0 Å². The summed E-state index contributed by atoms with van der Waals surface area (Å²) in [6, 6.07) is 14.5. The minimum atomic E-state index is -0.260. The fraction of sp³-hybridized carbons (Fsp3) is 0.318. The standard InChI is InChI=1S/C22H28N4O2S.ClH/c1-16-7-6-8-17(15-16)21(28)25-22(29)24-19-12-10-18(11-13-19)23-20(27)9-4-5-14-26(2)3;/h6-8,10-13,15H,4-5,9,14H2,1-3H3,(H,23,27)(H2,24,25,28,29);1H. The van der Waals surface area contributed by atoms with E-state index in [0.717, 1.165) is 36.3 Å². The topological polar surface area (TPSA) is 73.5 Å². The summed E-state index contributed by atoms with van der Waals surface area (Å²) in [6.07, 6.45) is 2.36. The smallest absolute Gasteiger partial charge is 0.257 e. The van der Waals surface area contributed by atoms with Gasteiger partial charge in [-0.05, 0) is 89.0 Å². The molecule has 0 radical (unpaired) electrons. The molecule has 0 saturated carbocycles. The zero-order chi connectivity index (χ0) is 21.2. The molecule has 0 spiro atoms. The number of aryl methyl sites for hydroxylation is 1. The number of nitrogens with one attached hydrogen (secondary N) is 3. The van der Waals surface area contributed by atoms with Gasteiger partial charge in [-0.2, -0.15) is 0 Å². The normalized spacial score (nSPS) is 10.1. The monoisotopic (exact) mass is 448 g/mol. The molecule has 2 amide bonds. The van der Waals surface area contributed by atoms with Gasteiger partial charge in [0.1, 0.15) is 0 Å². The van der Waals surface area contributed by atoms with Crippen LogP contribution in [0.1, 0.15) is 35.2 Å². The van der Waals surface area contributed by atoms with Crippen LogP contribution in [-0.2, 0) is 4.79 Å². The molecule has 0 saturated heterocycles. The lowest BCUT2D eigenvalue weighted by Gasteiger charge is -2.11.